The molecule has 1 N–H and O–H groups in total. The van der Waals surface area contributed by atoms with Gasteiger partial charge in [0.1, 0.15) is 5.52 Å². The van der Waals surface area contributed by atoms with Crippen LogP contribution in [0.15, 0.2) is 57.8 Å². The average Bonchev–Trinajstić information content (AvgIpc) is 2.69. The van der Waals surface area contributed by atoms with Crippen molar-refractivity contribution in [3.05, 3.63) is 63.4 Å². The van der Waals surface area contributed by atoms with Gasteiger partial charge in [-0.1, -0.05) is 29.5 Å². The van der Waals surface area contributed by atoms with Crippen LogP contribution in [0.5, 0.6) is 0 Å². The number of halogens is 1. The maximum absolute atomic E-state index is 12.4. The first-order valence-electron chi connectivity index (χ1n) is 8.56. The largest absolute Gasteiger partial charge is 0.336 e. The second-order valence-electron chi connectivity index (χ2n) is 6.16. The van der Waals surface area contributed by atoms with Crippen LogP contribution in [0.1, 0.15) is 6.42 Å². The Kier molecular flexibility index (Phi) is 6.15. The number of nitrogens with zero attached hydrogens (tertiary/aromatic N) is 4. The molecule has 2 amide bonds. The molecule has 0 radical (unpaired) electrons. The normalized spacial score (nSPS) is 10.6. The van der Waals surface area contributed by atoms with Gasteiger partial charge in [0.2, 0.25) is 11.8 Å². The van der Waals surface area contributed by atoms with Gasteiger partial charge in [0, 0.05) is 17.9 Å². The number of rotatable bonds is 6. The van der Waals surface area contributed by atoms with Crippen LogP contribution < -0.4 is 10.9 Å². The summed E-state index contributed by atoms with van der Waals surface area (Å²) in [5, 5.41) is 11.0. The Morgan fingerprint density at radius 1 is 1.14 bits per heavy atom. The summed E-state index contributed by atoms with van der Waals surface area (Å²) in [4.78, 5) is 38.2. The molecule has 0 aliphatic carbocycles. The van der Waals surface area contributed by atoms with E-state index >= 15 is 0 Å². The first kappa shape index (κ1) is 19.7. The van der Waals surface area contributed by atoms with Gasteiger partial charge >= 0.3 is 0 Å². The fourth-order valence-electron chi connectivity index (χ4n) is 2.62. The number of amides is 2. The zero-order valence-corrected chi connectivity index (χ0v) is 16.7. The number of hydrogen-bond donors (Lipinski definition) is 1. The zero-order chi connectivity index (χ0) is 20.1. The summed E-state index contributed by atoms with van der Waals surface area (Å²) < 4.78 is 1.92. The van der Waals surface area contributed by atoms with Crippen molar-refractivity contribution in [2.24, 2.45) is 0 Å². The van der Waals surface area contributed by atoms with Gasteiger partial charge in [-0.15, -0.1) is 5.10 Å². The second kappa shape index (κ2) is 8.75. The Labute approximate surface area is 169 Å². The second-order valence-corrected chi connectivity index (χ2v) is 7.02. The van der Waals surface area contributed by atoms with Gasteiger partial charge in [0.15, 0.2) is 0 Å². The number of fused-ring (bicyclic) bond motifs is 1. The molecular weight excluding hydrogens is 426 g/mol. The van der Waals surface area contributed by atoms with Gasteiger partial charge in [0.25, 0.3) is 5.56 Å². The molecule has 3 rings (SSSR count). The highest BCUT2D eigenvalue weighted by molar-refractivity contribution is 9.10. The van der Waals surface area contributed by atoms with Crippen LogP contribution in [-0.2, 0) is 16.1 Å². The van der Waals surface area contributed by atoms with E-state index in [1.807, 2.05) is 12.1 Å². The van der Waals surface area contributed by atoms with Gasteiger partial charge in [-0.25, -0.2) is 4.68 Å². The van der Waals surface area contributed by atoms with Crippen molar-refractivity contribution in [1.82, 2.24) is 19.9 Å². The van der Waals surface area contributed by atoms with Crippen LogP contribution in [0.25, 0.3) is 10.9 Å². The number of likely N-dealkylation sites (N-methyl/N-ethyl adjacent to an activating group) is 1. The number of aromatic nitrogens is 3. The molecule has 144 valence electrons. The number of anilines is 1. The smallest absolute Gasteiger partial charge is 0.277 e. The van der Waals surface area contributed by atoms with Crippen molar-refractivity contribution >= 4 is 44.3 Å². The van der Waals surface area contributed by atoms with Crippen LogP contribution in [0.4, 0.5) is 5.69 Å². The zero-order valence-electron chi connectivity index (χ0n) is 15.1. The van der Waals surface area contributed by atoms with Crippen molar-refractivity contribution in [3.63, 3.8) is 0 Å². The van der Waals surface area contributed by atoms with Crippen LogP contribution in [0.3, 0.4) is 0 Å². The first-order valence-corrected chi connectivity index (χ1v) is 9.36. The standard InChI is InChI=1S/C19H18BrN5O3/c1-24(12-17(26)21-16-9-5-3-7-14(16)20)18(27)10-11-25-19(28)13-6-2-4-8-15(13)22-23-25/h2-9H,10-12H2,1H3,(H,21,26). The summed E-state index contributed by atoms with van der Waals surface area (Å²) in [5.74, 6) is -0.588. The number of benzene rings is 2. The van der Waals surface area contributed by atoms with E-state index < -0.39 is 0 Å². The lowest BCUT2D eigenvalue weighted by molar-refractivity contribution is -0.133. The molecule has 1 aromatic heterocycles. The highest BCUT2D eigenvalue weighted by atomic mass is 79.9. The maximum atomic E-state index is 12.4. The summed E-state index contributed by atoms with van der Waals surface area (Å²) in [5.41, 5.74) is 0.843. The van der Waals surface area contributed by atoms with Crippen molar-refractivity contribution in [2.75, 3.05) is 18.9 Å². The number of nitrogens with one attached hydrogen (secondary N) is 1. The molecule has 0 spiro atoms. The van der Waals surface area contributed by atoms with E-state index in [-0.39, 0.29) is 36.9 Å². The minimum Gasteiger partial charge on any atom is -0.336 e. The molecule has 0 saturated heterocycles. The van der Waals surface area contributed by atoms with Gasteiger partial charge in [-0.05, 0) is 40.2 Å². The van der Waals surface area contributed by atoms with Crippen molar-refractivity contribution in [1.29, 1.82) is 0 Å². The summed E-state index contributed by atoms with van der Waals surface area (Å²) >= 11 is 3.35. The van der Waals surface area contributed by atoms with E-state index in [1.54, 1.807) is 36.4 Å². The van der Waals surface area contributed by atoms with Gasteiger partial charge in [-0.2, -0.15) is 0 Å². The molecule has 3 aromatic rings. The fraction of sp³-hybridized carbons (Fsp3) is 0.211. The molecule has 8 nitrogen and oxygen atoms in total. The Morgan fingerprint density at radius 3 is 2.64 bits per heavy atom. The quantitative estimate of drug-likeness (QED) is 0.628. The third-order valence-electron chi connectivity index (χ3n) is 4.12. The van der Waals surface area contributed by atoms with E-state index in [0.29, 0.717) is 16.6 Å². The molecule has 2 aromatic carbocycles. The fourth-order valence-corrected chi connectivity index (χ4v) is 3.00. The van der Waals surface area contributed by atoms with Crippen LogP contribution >= 0.6 is 15.9 Å². The lowest BCUT2D eigenvalue weighted by Crippen LogP contribution is -2.36. The predicted octanol–water partition coefficient (Wildman–Crippen LogP) is 2.04. The van der Waals surface area contributed by atoms with Crippen molar-refractivity contribution in [2.45, 2.75) is 13.0 Å². The maximum Gasteiger partial charge on any atom is 0.277 e. The molecule has 0 aliphatic heterocycles. The molecule has 0 atom stereocenters. The van der Waals surface area contributed by atoms with E-state index in [1.165, 1.54) is 11.9 Å². The SMILES string of the molecule is CN(CC(=O)Nc1ccccc1Br)C(=O)CCn1nnc2ccccc2c1=O. The summed E-state index contributed by atoms with van der Waals surface area (Å²) in [7, 11) is 1.54. The number of para-hydroxylation sites is 1. The number of hydrogen-bond acceptors (Lipinski definition) is 5. The first-order chi connectivity index (χ1) is 13.5. The summed E-state index contributed by atoms with van der Waals surface area (Å²) in [6, 6.07) is 14.1. The summed E-state index contributed by atoms with van der Waals surface area (Å²) in [6.45, 7) is -0.00976. The Balaban J connectivity index is 1.57. The minimum atomic E-state index is -0.314. The van der Waals surface area contributed by atoms with E-state index in [2.05, 4.69) is 31.6 Å². The highest BCUT2D eigenvalue weighted by Crippen LogP contribution is 2.20. The lowest BCUT2D eigenvalue weighted by Gasteiger charge is -2.17. The monoisotopic (exact) mass is 443 g/mol. The van der Waals surface area contributed by atoms with Crippen molar-refractivity contribution < 1.29 is 9.59 Å². The molecule has 9 heteroatoms. The Morgan fingerprint density at radius 2 is 1.86 bits per heavy atom. The molecule has 0 aliphatic rings. The number of carbonyl (C=O) groups excluding carboxylic acids is 2. The Bertz CT molecular complexity index is 1080. The van der Waals surface area contributed by atoms with Gasteiger partial charge in [0.05, 0.1) is 24.2 Å². The molecule has 1 heterocycles. The molecule has 0 saturated carbocycles. The predicted molar refractivity (Wildman–Crippen MR) is 109 cm³/mol. The van der Waals surface area contributed by atoms with E-state index in [9.17, 15) is 14.4 Å². The van der Waals surface area contributed by atoms with Crippen LogP contribution in [-0.4, -0.2) is 45.3 Å². The summed E-state index contributed by atoms with van der Waals surface area (Å²) in [6.07, 6.45) is 0.0335. The molecule has 0 unspecified atom stereocenters. The van der Waals surface area contributed by atoms with Crippen LogP contribution in [0.2, 0.25) is 0 Å². The average molecular weight is 444 g/mol. The van der Waals surface area contributed by atoms with E-state index in [4.69, 9.17) is 0 Å². The number of aryl methyl sites for hydroxylation is 1. The van der Waals surface area contributed by atoms with Gasteiger partial charge in [-0.3, -0.25) is 14.4 Å². The topological polar surface area (TPSA) is 97.2 Å². The van der Waals surface area contributed by atoms with E-state index in [0.717, 1.165) is 9.15 Å². The van der Waals surface area contributed by atoms with Gasteiger partial charge < -0.3 is 10.2 Å². The lowest BCUT2D eigenvalue weighted by atomic mass is 10.2. The molecule has 0 fully saturated rings. The Hall–Kier alpha value is -3.07. The van der Waals surface area contributed by atoms with Crippen LogP contribution in [0, 0.1) is 0 Å². The molecule has 0 bridgehead atoms. The minimum absolute atomic E-state index is 0.0335. The number of carbonyl (C=O) groups is 2. The molecular formula is C19H18BrN5O3. The third-order valence-corrected chi connectivity index (χ3v) is 4.81. The molecule has 28 heavy (non-hydrogen) atoms. The van der Waals surface area contributed by atoms with Crippen molar-refractivity contribution in [3.8, 4) is 0 Å². The third kappa shape index (κ3) is 4.61. The highest BCUT2D eigenvalue weighted by Gasteiger charge is 2.15.